The highest BCUT2D eigenvalue weighted by atomic mass is 35.5. The summed E-state index contributed by atoms with van der Waals surface area (Å²) >= 11 is 6.07. The first-order valence-electron chi connectivity index (χ1n) is 10.1. The summed E-state index contributed by atoms with van der Waals surface area (Å²) in [7, 11) is -0.616. The second kappa shape index (κ2) is 9.89. The third kappa shape index (κ3) is 5.14. The first kappa shape index (κ1) is 23.4. The van der Waals surface area contributed by atoms with E-state index in [0.29, 0.717) is 42.5 Å². The third-order valence-electron chi connectivity index (χ3n) is 5.33. The molecule has 1 atom stereocenters. The SMILES string of the molecule is CCOc1ccc(Cl)cc1S(=O)(=O)N1CCC[C@@H](C(=O)N(C)c2cccc(OC)c2)C1. The molecule has 0 spiro atoms. The fourth-order valence-electron chi connectivity index (χ4n) is 3.68. The first-order valence-corrected chi connectivity index (χ1v) is 11.9. The van der Waals surface area contributed by atoms with Gasteiger partial charge in [0, 0.05) is 36.9 Å². The number of halogens is 1. The van der Waals surface area contributed by atoms with E-state index in [1.807, 2.05) is 12.1 Å². The zero-order chi connectivity index (χ0) is 22.6. The minimum absolute atomic E-state index is 0.0242. The molecule has 0 aromatic heterocycles. The van der Waals surface area contributed by atoms with Gasteiger partial charge in [0.2, 0.25) is 15.9 Å². The molecule has 1 heterocycles. The smallest absolute Gasteiger partial charge is 0.246 e. The van der Waals surface area contributed by atoms with Crippen LogP contribution in [0.3, 0.4) is 0 Å². The van der Waals surface area contributed by atoms with Crippen LogP contribution in [0.1, 0.15) is 19.8 Å². The molecule has 9 heteroatoms. The number of rotatable bonds is 7. The summed E-state index contributed by atoms with van der Waals surface area (Å²) in [5, 5.41) is 0.310. The molecule has 1 fully saturated rings. The average molecular weight is 467 g/mol. The molecule has 0 bridgehead atoms. The Hall–Kier alpha value is -2.29. The summed E-state index contributed by atoms with van der Waals surface area (Å²) in [6.45, 7) is 2.56. The molecule has 7 nitrogen and oxygen atoms in total. The van der Waals surface area contributed by atoms with E-state index in [1.54, 1.807) is 50.2 Å². The highest BCUT2D eigenvalue weighted by Gasteiger charge is 2.36. The molecule has 2 aromatic rings. The maximum Gasteiger partial charge on any atom is 0.246 e. The van der Waals surface area contributed by atoms with Gasteiger partial charge in [-0.15, -0.1) is 0 Å². The van der Waals surface area contributed by atoms with E-state index in [1.165, 1.54) is 10.4 Å². The van der Waals surface area contributed by atoms with Crippen molar-refractivity contribution in [2.75, 3.05) is 38.8 Å². The molecule has 3 rings (SSSR count). The van der Waals surface area contributed by atoms with Crippen molar-refractivity contribution in [3.8, 4) is 11.5 Å². The van der Waals surface area contributed by atoms with Crippen molar-refractivity contribution in [2.24, 2.45) is 5.92 Å². The molecule has 0 saturated carbocycles. The molecule has 0 unspecified atom stereocenters. The van der Waals surface area contributed by atoms with Crippen molar-refractivity contribution in [2.45, 2.75) is 24.7 Å². The van der Waals surface area contributed by atoms with E-state index in [0.717, 1.165) is 0 Å². The van der Waals surface area contributed by atoms with Gasteiger partial charge in [-0.2, -0.15) is 4.31 Å². The van der Waals surface area contributed by atoms with Crippen molar-refractivity contribution < 1.29 is 22.7 Å². The number of nitrogens with zero attached hydrogens (tertiary/aromatic N) is 2. The number of sulfonamides is 1. The van der Waals surface area contributed by atoms with Gasteiger partial charge in [-0.3, -0.25) is 4.79 Å². The van der Waals surface area contributed by atoms with Gasteiger partial charge in [0.1, 0.15) is 16.4 Å². The van der Waals surface area contributed by atoms with Crippen molar-refractivity contribution in [1.29, 1.82) is 0 Å². The number of hydrogen-bond acceptors (Lipinski definition) is 5. The number of carbonyl (C=O) groups is 1. The number of amides is 1. The number of methoxy groups -OCH3 is 1. The molecule has 168 valence electrons. The van der Waals surface area contributed by atoms with Gasteiger partial charge in [0.25, 0.3) is 0 Å². The molecule has 1 aliphatic heterocycles. The molecule has 31 heavy (non-hydrogen) atoms. The lowest BCUT2D eigenvalue weighted by Gasteiger charge is -2.33. The van der Waals surface area contributed by atoms with Crippen molar-refractivity contribution in [3.63, 3.8) is 0 Å². The molecular formula is C22H27ClN2O5S. The third-order valence-corrected chi connectivity index (χ3v) is 7.45. The van der Waals surface area contributed by atoms with Gasteiger partial charge >= 0.3 is 0 Å². The molecule has 0 aliphatic carbocycles. The molecular weight excluding hydrogens is 440 g/mol. The van der Waals surface area contributed by atoms with E-state index in [4.69, 9.17) is 21.1 Å². The normalized spacial score (nSPS) is 17.2. The Morgan fingerprint density at radius 1 is 1.26 bits per heavy atom. The second-order valence-corrected chi connectivity index (χ2v) is 9.67. The highest BCUT2D eigenvalue weighted by Crippen LogP contribution is 2.33. The molecule has 1 saturated heterocycles. The van der Waals surface area contributed by atoms with E-state index < -0.39 is 15.9 Å². The number of ether oxygens (including phenoxy) is 2. The molecule has 0 radical (unpaired) electrons. The van der Waals surface area contributed by atoms with Gasteiger partial charge in [0.05, 0.1) is 19.6 Å². The van der Waals surface area contributed by atoms with Crippen LogP contribution in [0.4, 0.5) is 5.69 Å². The minimum Gasteiger partial charge on any atom is -0.497 e. The summed E-state index contributed by atoms with van der Waals surface area (Å²) < 4.78 is 38.8. The number of carbonyl (C=O) groups excluding carboxylic acids is 1. The summed E-state index contributed by atoms with van der Waals surface area (Å²) in [5.74, 6) is 0.321. The Morgan fingerprint density at radius 3 is 2.74 bits per heavy atom. The summed E-state index contributed by atoms with van der Waals surface area (Å²) in [4.78, 5) is 14.7. The van der Waals surface area contributed by atoms with E-state index in [-0.39, 0.29) is 23.1 Å². The van der Waals surface area contributed by atoms with Gasteiger partial charge in [0.15, 0.2) is 0 Å². The number of piperidine rings is 1. The van der Waals surface area contributed by atoms with E-state index in [9.17, 15) is 13.2 Å². The van der Waals surface area contributed by atoms with Gasteiger partial charge < -0.3 is 14.4 Å². The predicted molar refractivity (Wildman–Crippen MR) is 121 cm³/mol. The lowest BCUT2D eigenvalue weighted by Crippen LogP contribution is -2.46. The molecule has 1 aliphatic rings. The predicted octanol–water partition coefficient (Wildman–Crippen LogP) is 3.81. The van der Waals surface area contributed by atoms with Crippen LogP contribution in [0.15, 0.2) is 47.4 Å². The van der Waals surface area contributed by atoms with E-state index >= 15 is 0 Å². The first-order chi connectivity index (χ1) is 14.8. The van der Waals surface area contributed by atoms with E-state index in [2.05, 4.69) is 0 Å². The lowest BCUT2D eigenvalue weighted by atomic mass is 9.98. The van der Waals surface area contributed by atoms with Gasteiger partial charge in [-0.05, 0) is 50.1 Å². The summed E-state index contributed by atoms with van der Waals surface area (Å²) in [6.07, 6.45) is 1.21. The largest absolute Gasteiger partial charge is 0.497 e. The maximum absolute atomic E-state index is 13.4. The molecule has 0 N–H and O–H groups in total. The zero-order valence-electron chi connectivity index (χ0n) is 17.9. The number of benzene rings is 2. The fraction of sp³-hybridized carbons (Fsp3) is 0.409. The Morgan fingerprint density at radius 2 is 2.03 bits per heavy atom. The fourth-order valence-corrected chi connectivity index (χ4v) is 5.60. The van der Waals surface area contributed by atoms with Gasteiger partial charge in [-0.1, -0.05) is 17.7 Å². The minimum atomic E-state index is -3.87. The zero-order valence-corrected chi connectivity index (χ0v) is 19.4. The van der Waals surface area contributed by atoms with Crippen molar-refractivity contribution in [1.82, 2.24) is 4.31 Å². The average Bonchev–Trinajstić information content (AvgIpc) is 2.79. The van der Waals surface area contributed by atoms with Crippen molar-refractivity contribution >= 4 is 33.2 Å². The standard InChI is InChI=1S/C22H27ClN2O5S/c1-4-30-20-11-10-17(23)13-21(20)31(27,28)25-12-6-7-16(15-25)22(26)24(2)18-8-5-9-19(14-18)29-3/h5,8-11,13-14,16H,4,6-7,12,15H2,1-3H3/t16-/m1/s1. The number of hydrogen-bond donors (Lipinski definition) is 0. The van der Waals surface area contributed by atoms with Crippen LogP contribution >= 0.6 is 11.6 Å². The van der Waals surface area contributed by atoms with Crippen LogP contribution in [0.2, 0.25) is 5.02 Å². The Balaban J connectivity index is 1.82. The van der Waals surface area contributed by atoms with Crippen LogP contribution in [0, 0.1) is 5.92 Å². The van der Waals surface area contributed by atoms with Crippen molar-refractivity contribution in [3.05, 3.63) is 47.5 Å². The van der Waals surface area contributed by atoms with Crippen LogP contribution in [0.5, 0.6) is 11.5 Å². The second-order valence-electron chi connectivity index (χ2n) is 7.33. The highest BCUT2D eigenvalue weighted by molar-refractivity contribution is 7.89. The quantitative estimate of drug-likeness (QED) is 0.620. The maximum atomic E-state index is 13.4. The van der Waals surface area contributed by atoms with Crippen LogP contribution < -0.4 is 14.4 Å². The Bertz CT molecular complexity index is 1040. The van der Waals surface area contributed by atoms with Crippen LogP contribution in [-0.4, -0.2) is 52.5 Å². The lowest BCUT2D eigenvalue weighted by molar-refractivity contribution is -0.123. The Labute approximate surface area is 188 Å². The summed E-state index contributed by atoms with van der Waals surface area (Å²) in [6, 6.07) is 11.8. The molecule has 2 aromatic carbocycles. The van der Waals surface area contributed by atoms with Gasteiger partial charge in [-0.25, -0.2) is 8.42 Å². The Kier molecular flexibility index (Phi) is 7.46. The topological polar surface area (TPSA) is 76.2 Å². The number of anilines is 1. The summed E-state index contributed by atoms with van der Waals surface area (Å²) in [5.41, 5.74) is 0.692. The van der Waals surface area contributed by atoms with Crippen LogP contribution in [-0.2, 0) is 14.8 Å². The molecule has 1 amide bonds. The van der Waals surface area contributed by atoms with Crippen LogP contribution in [0.25, 0.3) is 0 Å². The monoisotopic (exact) mass is 466 g/mol.